The van der Waals surface area contributed by atoms with Gasteiger partial charge in [-0.25, -0.2) is 0 Å². The highest BCUT2D eigenvalue weighted by molar-refractivity contribution is 7.87. The minimum absolute atomic E-state index is 0.0181. The van der Waals surface area contributed by atoms with Crippen LogP contribution in [-0.2, 0) is 23.8 Å². The highest BCUT2D eigenvalue weighted by Crippen LogP contribution is 2.47. The van der Waals surface area contributed by atoms with Crippen LogP contribution in [0.25, 0.3) is 0 Å². The Hall–Kier alpha value is -1.25. The van der Waals surface area contributed by atoms with E-state index in [1.807, 2.05) is 0 Å². The van der Waals surface area contributed by atoms with Crippen LogP contribution in [0.3, 0.4) is 0 Å². The second-order valence-corrected chi connectivity index (χ2v) is 8.42. The zero-order chi connectivity index (χ0) is 17.6. The van der Waals surface area contributed by atoms with Gasteiger partial charge in [-0.3, -0.25) is 4.79 Å². The first kappa shape index (κ1) is 18.1. The fourth-order valence-corrected chi connectivity index (χ4v) is 3.58. The quantitative estimate of drug-likeness (QED) is 0.441. The molecule has 0 spiro atoms. The van der Waals surface area contributed by atoms with Crippen molar-refractivity contribution in [2.75, 3.05) is 0 Å². The summed E-state index contributed by atoms with van der Waals surface area (Å²) in [5, 5.41) is 0. The molecule has 0 aliphatic heterocycles. The van der Waals surface area contributed by atoms with Crippen LogP contribution in [0.15, 0.2) is 11.8 Å². The monoisotopic (exact) mass is 356 g/mol. The van der Waals surface area contributed by atoms with Crippen LogP contribution in [0.5, 0.6) is 0 Å². The van der Waals surface area contributed by atoms with Gasteiger partial charge in [0.15, 0.2) is 0 Å². The maximum Gasteiger partial charge on any atom is 0.534 e. The molecular weight excluding hydrogens is 337 g/mol. The van der Waals surface area contributed by atoms with Crippen molar-refractivity contribution in [3.63, 3.8) is 0 Å². The van der Waals surface area contributed by atoms with E-state index in [-0.39, 0.29) is 24.0 Å². The van der Waals surface area contributed by atoms with Crippen molar-refractivity contribution < 1.29 is 35.3 Å². The molecule has 23 heavy (non-hydrogen) atoms. The molecule has 2 aliphatic carbocycles. The van der Waals surface area contributed by atoms with E-state index in [4.69, 9.17) is 4.74 Å². The maximum absolute atomic E-state index is 12.4. The molecule has 2 rings (SSSR count). The molecule has 3 unspecified atom stereocenters. The minimum Gasteiger partial charge on any atom is -0.460 e. The standard InChI is InChI=1S/C14H19F3O5S/c1-13(2,3)21-12(18)11-8-4-5-9(11)7-10(6-8)22-23(19,20)14(15,16)17/h6,8-9,11H,4-5,7H2,1-3H3. The summed E-state index contributed by atoms with van der Waals surface area (Å²) in [6.07, 6.45) is 2.51. The highest BCUT2D eigenvalue weighted by atomic mass is 32.2. The molecule has 1 fully saturated rings. The lowest BCUT2D eigenvalue weighted by atomic mass is 9.82. The van der Waals surface area contributed by atoms with Crippen LogP contribution in [0, 0.1) is 17.8 Å². The number of allylic oxidation sites excluding steroid dienone is 2. The maximum atomic E-state index is 12.4. The van der Waals surface area contributed by atoms with Crippen LogP contribution in [0.2, 0.25) is 0 Å². The average Bonchev–Trinajstić information content (AvgIpc) is 2.57. The van der Waals surface area contributed by atoms with E-state index in [0.717, 1.165) is 0 Å². The van der Waals surface area contributed by atoms with Gasteiger partial charge in [0.2, 0.25) is 0 Å². The van der Waals surface area contributed by atoms with Crippen molar-refractivity contribution in [2.24, 2.45) is 17.8 Å². The van der Waals surface area contributed by atoms with Crippen molar-refractivity contribution in [2.45, 2.75) is 51.1 Å². The molecule has 2 bridgehead atoms. The molecule has 5 nitrogen and oxygen atoms in total. The Labute approximate surface area is 133 Å². The van der Waals surface area contributed by atoms with Crippen LogP contribution in [0.4, 0.5) is 13.2 Å². The van der Waals surface area contributed by atoms with Crippen molar-refractivity contribution >= 4 is 16.1 Å². The fourth-order valence-electron chi connectivity index (χ4n) is 3.08. The molecule has 3 atom stereocenters. The number of hydrogen-bond acceptors (Lipinski definition) is 5. The highest BCUT2D eigenvalue weighted by Gasteiger charge is 2.51. The lowest BCUT2D eigenvalue weighted by Crippen LogP contribution is -2.35. The second kappa shape index (κ2) is 5.68. The summed E-state index contributed by atoms with van der Waals surface area (Å²) in [5.74, 6) is -1.73. The first-order chi connectivity index (χ1) is 10.3. The summed E-state index contributed by atoms with van der Waals surface area (Å²) in [5.41, 5.74) is -6.12. The van der Waals surface area contributed by atoms with Crippen LogP contribution < -0.4 is 0 Å². The molecule has 0 aromatic heterocycles. The number of carbonyl (C=O) groups excluding carboxylic acids is 1. The molecule has 0 aromatic carbocycles. The number of esters is 1. The fraction of sp³-hybridized carbons (Fsp3) is 0.786. The van der Waals surface area contributed by atoms with Gasteiger partial charge in [-0.1, -0.05) is 0 Å². The van der Waals surface area contributed by atoms with E-state index in [1.54, 1.807) is 20.8 Å². The Morgan fingerprint density at radius 3 is 2.30 bits per heavy atom. The van der Waals surface area contributed by atoms with E-state index in [1.165, 1.54) is 6.08 Å². The summed E-state index contributed by atoms with van der Waals surface area (Å²) in [7, 11) is -5.67. The van der Waals surface area contributed by atoms with E-state index in [0.29, 0.717) is 12.8 Å². The number of alkyl halides is 3. The van der Waals surface area contributed by atoms with Crippen LogP contribution >= 0.6 is 0 Å². The zero-order valence-electron chi connectivity index (χ0n) is 13.0. The molecule has 1 saturated carbocycles. The van der Waals surface area contributed by atoms with Gasteiger partial charge in [0, 0.05) is 6.42 Å². The molecule has 2 aliphatic rings. The molecule has 0 N–H and O–H groups in total. The average molecular weight is 356 g/mol. The van der Waals surface area contributed by atoms with Gasteiger partial charge in [-0.15, -0.1) is 0 Å². The third-order valence-electron chi connectivity index (χ3n) is 3.88. The Bertz CT molecular complexity index is 615. The lowest BCUT2D eigenvalue weighted by Gasteiger charge is -2.30. The normalized spacial score (nSPS) is 28.3. The number of carbonyl (C=O) groups is 1. The first-order valence-corrected chi connectivity index (χ1v) is 8.65. The SMILES string of the molecule is CC(C)(C)OC(=O)C1C2C=C(OS(=O)(=O)C(F)(F)F)CC1CC2. The lowest BCUT2D eigenvalue weighted by molar-refractivity contribution is -0.162. The molecular formula is C14H19F3O5S. The third kappa shape index (κ3) is 3.99. The summed E-state index contributed by atoms with van der Waals surface area (Å²) in [4.78, 5) is 12.2. The van der Waals surface area contributed by atoms with Gasteiger partial charge in [0.05, 0.1) is 5.92 Å². The smallest absolute Gasteiger partial charge is 0.460 e. The summed E-state index contributed by atoms with van der Waals surface area (Å²) >= 11 is 0. The second-order valence-electron chi connectivity index (χ2n) is 6.88. The van der Waals surface area contributed by atoms with E-state index < -0.39 is 33.1 Å². The van der Waals surface area contributed by atoms with Crippen molar-refractivity contribution in [1.82, 2.24) is 0 Å². The van der Waals surface area contributed by atoms with Gasteiger partial charge >= 0.3 is 21.6 Å². The van der Waals surface area contributed by atoms with E-state index in [9.17, 15) is 26.4 Å². The Kier molecular flexibility index (Phi) is 4.47. The molecule has 0 saturated heterocycles. The molecule has 132 valence electrons. The zero-order valence-corrected chi connectivity index (χ0v) is 13.8. The Balaban J connectivity index is 2.14. The van der Waals surface area contributed by atoms with Gasteiger partial charge in [-0.05, 0) is 51.5 Å². The Morgan fingerprint density at radius 2 is 1.83 bits per heavy atom. The van der Waals surface area contributed by atoms with E-state index >= 15 is 0 Å². The summed E-state index contributed by atoms with van der Waals surface area (Å²) < 4.78 is 68.8. The largest absolute Gasteiger partial charge is 0.534 e. The van der Waals surface area contributed by atoms with E-state index in [2.05, 4.69) is 4.18 Å². The molecule has 9 heteroatoms. The van der Waals surface area contributed by atoms with Crippen LogP contribution in [-0.4, -0.2) is 25.5 Å². The van der Waals surface area contributed by atoms with Gasteiger partial charge in [0.25, 0.3) is 0 Å². The third-order valence-corrected chi connectivity index (χ3v) is 4.88. The van der Waals surface area contributed by atoms with Crippen molar-refractivity contribution in [1.29, 1.82) is 0 Å². The topological polar surface area (TPSA) is 69.7 Å². The van der Waals surface area contributed by atoms with Crippen LogP contribution in [0.1, 0.15) is 40.0 Å². The molecule has 0 amide bonds. The number of ether oxygens (including phenoxy) is 1. The van der Waals surface area contributed by atoms with Crippen molar-refractivity contribution in [3.8, 4) is 0 Å². The van der Waals surface area contributed by atoms with Gasteiger partial charge in [-0.2, -0.15) is 21.6 Å². The molecule has 0 aromatic rings. The summed E-state index contributed by atoms with van der Waals surface area (Å²) in [6, 6.07) is 0. The van der Waals surface area contributed by atoms with Gasteiger partial charge < -0.3 is 8.92 Å². The predicted molar refractivity (Wildman–Crippen MR) is 74.3 cm³/mol. The number of fused-ring (bicyclic) bond motifs is 2. The number of halogens is 3. The summed E-state index contributed by atoms with van der Waals surface area (Å²) in [6.45, 7) is 5.20. The number of hydrogen-bond donors (Lipinski definition) is 0. The molecule has 0 heterocycles. The minimum atomic E-state index is -5.67. The predicted octanol–water partition coefficient (Wildman–Crippen LogP) is 3.12. The molecule has 0 radical (unpaired) electrons. The Morgan fingerprint density at radius 1 is 1.22 bits per heavy atom. The van der Waals surface area contributed by atoms with Crippen molar-refractivity contribution in [3.05, 3.63) is 11.8 Å². The first-order valence-electron chi connectivity index (χ1n) is 7.24. The van der Waals surface area contributed by atoms with Gasteiger partial charge in [0.1, 0.15) is 11.4 Å². The number of rotatable bonds is 3.